The lowest BCUT2D eigenvalue weighted by atomic mass is 10.2. The molecule has 114 valence electrons. The maximum Gasteiger partial charge on any atom is 0.270 e. The van der Waals surface area contributed by atoms with Gasteiger partial charge < -0.3 is 5.32 Å². The summed E-state index contributed by atoms with van der Waals surface area (Å²) >= 11 is 14.7. The highest BCUT2D eigenvalue weighted by atomic mass is 79.9. The molecule has 2 amide bonds. The Labute approximate surface area is 140 Å². The third kappa shape index (κ3) is 6.48. The van der Waals surface area contributed by atoms with Gasteiger partial charge in [-0.15, -0.1) is 0 Å². The van der Waals surface area contributed by atoms with Crippen LogP contribution in [-0.2, 0) is 9.59 Å². The van der Waals surface area contributed by atoms with Crippen molar-refractivity contribution in [3.63, 3.8) is 0 Å². The topological polar surface area (TPSA) is 69.6 Å². The zero-order valence-electron chi connectivity index (χ0n) is 10.9. The fourth-order valence-electron chi connectivity index (χ4n) is 1.34. The number of carbonyl (C=O) groups is 2. The molecule has 5 nitrogen and oxygen atoms in total. The van der Waals surface area contributed by atoms with Gasteiger partial charge in [-0.2, -0.15) is 0 Å². The molecule has 1 rings (SSSR count). The molecule has 0 aromatic heterocycles. The van der Waals surface area contributed by atoms with E-state index in [1.807, 2.05) is 0 Å². The normalized spacial score (nSPS) is 10.7. The number of halogens is 3. The van der Waals surface area contributed by atoms with Crippen LogP contribution in [0.1, 0.15) is 5.56 Å². The van der Waals surface area contributed by atoms with E-state index in [1.54, 1.807) is 18.2 Å². The van der Waals surface area contributed by atoms with E-state index in [0.29, 0.717) is 20.7 Å². The Hall–Kier alpha value is -1.08. The predicted molar refractivity (Wildman–Crippen MR) is 85.8 cm³/mol. The number of hydrogen-bond donors (Lipinski definition) is 2. The number of nitrogens with one attached hydrogen (secondary N) is 1. The van der Waals surface area contributed by atoms with Crippen LogP contribution in [0.4, 0.5) is 0 Å². The molecule has 0 aliphatic rings. The molecule has 0 saturated carbocycles. The van der Waals surface area contributed by atoms with Crippen LogP contribution in [-0.4, -0.2) is 40.5 Å². The molecule has 0 aliphatic heterocycles. The van der Waals surface area contributed by atoms with Crippen LogP contribution in [0.5, 0.6) is 0 Å². The zero-order chi connectivity index (χ0) is 15.8. The number of benzene rings is 1. The predicted octanol–water partition coefficient (Wildman–Crippen LogP) is 2.74. The average Bonchev–Trinajstić information content (AvgIpc) is 2.45. The molecule has 0 unspecified atom stereocenters. The Morgan fingerprint density at radius 3 is 2.71 bits per heavy atom. The molecule has 0 spiro atoms. The first-order chi connectivity index (χ1) is 9.93. The van der Waals surface area contributed by atoms with Crippen molar-refractivity contribution in [2.45, 2.75) is 0 Å². The first-order valence-electron chi connectivity index (χ1n) is 5.90. The second-order valence-electron chi connectivity index (χ2n) is 3.94. The summed E-state index contributed by atoms with van der Waals surface area (Å²) in [6, 6.07) is 4.86. The molecule has 0 fully saturated rings. The molecule has 0 atom stereocenters. The SMILES string of the molecule is O=C(CBr)NCCN(O)C(=O)/C=C/c1ccc(Cl)cc1Cl. The van der Waals surface area contributed by atoms with Gasteiger partial charge in [-0.25, -0.2) is 5.06 Å². The molecule has 0 saturated heterocycles. The van der Waals surface area contributed by atoms with Gasteiger partial charge in [-0.3, -0.25) is 14.8 Å². The van der Waals surface area contributed by atoms with Gasteiger partial charge in [0.2, 0.25) is 5.91 Å². The van der Waals surface area contributed by atoms with Crippen molar-refractivity contribution in [1.82, 2.24) is 10.4 Å². The fraction of sp³-hybridized carbons (Fsp3) is 0.231. The first-order valence-corrected chi connectivity index (χ1v) is 7.78. The molecule has 0 heterocycles. The Morgan fingerprint density at radius 1 is 1.38 bits per heavy atom. The third-order valence-electron chi connectivity index (χ3n) is 2.39. The van der Waals surface area contributed by atoms with E-state index in [2.05, 4.69) is 21.2 Å². The summed E-state index contributed by atoms with van der Waals surface area (Å²) in [5.41, 5.74) is 0.607. The Bertz CT molecular complexity index is 552. The molecule has 0 radical (unpaired) electrons. The van der Waals surface area contributed by atoms with Gasteiger partial charge in [0.05, 0.1) is 11.9 Å². The molecule has 8 heteroatoms. The summed E-state index contributed by atoms with van der Waals surface area (Å²) < 4.78 is 0. The van der Waals surface area contributed by atoms with Crippen molar-refractivity contribution in [2.24, 2.45) is 0 Å². The van der Waals surface area contributed by atoms with E-state index >= 15 is 0 Å². The van der Waals surface area contributed by atoms with E-state index in [-0.39, 0.29) is 24.3 Å². The highest BCUT2D eigenvalue weighted by Gasteiger charge is 2.08. The number of hydroxylamine groups is 2. The quantitative estimate of drug-likeness (QED) is 0.336. The molecular weight excluding hydrogens is 383 g/mol. The van der Waals surface area contributed by atoms with E-state index in [9.17, 15) is 14.8 Å². The zero-order valence-corrected chi connectivity index (χ0v) is 14.0. The van der Waals surface area contributed by atoms with Gasteiger partial charge in [0, 0.05) is 22.7 Å². The van der Waals surface area contributed by atoms with Gasteiger partial charge >= 0.3 is 0 Å². The highest BCUT2D eigenvalue weighted by molar-refractivity contribution is 9.09. The number of amides is 2. The lowest BCUT2D eigenvalue weighted by Crippen LogP contribution is -2.36. The summed E-state index contributed by atoms with van der Waals surface area (Å²) in [4.78, 5) is 22.6. The Kier molecular flexibility index (Phi) is 7.74. The maximum absolute atomic E-state index is 11.6. The second kappa shape index (κ2) is 9.04. The summed E-state index contributed by atoms with van der Waals surface area (Å²) in [6.45, 7) is 0.137. The summed E-state index contributed by atoms with van der Waals surface area (Å²) in [7, 11) is 0. The van der Waals surface area contributed by atoms with Crippen LogP contribution >= 0.6 is 39.1 Å². The lowest BCUT2D eigenvalue weighted by molar-refractivity contribution is -0.159. The van der Waals surface area contributed by atoms with Crippen molar-refractivity contribution in [2.75, 3.05) is 18.4 Å². The minimum absolute atomic E-state index is 0.0176. The van der Waals surface area contributed by atoms with E-state index in [0.717, 1.165) is 0 Å². The van der Waals surface area contributed by atoms with Gasteiger partial charge in [-0.1, -0.05) is 45.2 Å². The molecule has 1 aromatic rings. The van der Waals surface area contributed by atoms with Crippen molar-refractivity contribution in [3.8, 4) is 0 Å². The van der Waals surface area contributed by atoms with E-state index < -0.39 is 5.91 Å². The maximum atomic E-state index is 11.6. The van der Waals surface area contributed by atoms with Crippen LogP contribution < -0.4 is 5.32 Å². The summed E-state index contributed by atoms with van der Waals surface area (Å²) in [5.74, 6) is -0.839. The second-order valence-corrected chi connectivity index (χ2v) is 5.35. The van der Waals surface area contributed by atoms with Crippen molar-refractivity contribution in [1.29, 1.82) is 0 Å². The molecular formula is C13H13BrCl2N2O3. The highest BCUT2D eigenvalue weighted by Crippen LogP contribution is 2.21. The minimum atomic E-state index is -0.617. The summed E-state index contributed by atoms with van der Waals surface area (Å²) in [5, 5.41) is 13.6. The Morgan fingerprint density at radius 2 is 2.10 bits per heavy atom. The van der Waals surface area contributed by atoms with E-state index in [4.69, 9.17) is 23.2 Å². The third-order valence-corrected chi connectivity index (χ3v) is 3.46. The number of nitrogens with zero attached hydrogens (tertiary/aromatic N) is 1. The van der Waals surface area contributed by atoms with Crippen molar-refractivity contribution < 1.29 is 14.8 Å². The van der Waals surface area contributed by atoms with Crippen LogP contribution in [0.2, 0.25) is 10.0 Å². The number of rotatable bonds is 6. The van der Waals surface area contributed by atoms with Gasteiger partial charge in [0.25, 0.3) is 5.91 Å². The van der Waals surface area contributed by atoms with Crippen LogP contribution in [0.15, 0.2) is 24.3 Å². The van der Waals surface area contributed by atoms with Gasteiger partial charge in [-0.05, 0) is 23.8 Å². The van der Waals surface area contributed by atoms with Gasteiger partial charge in [0.1, 0.15) is 0 Å². The minimum Gasteiger partial charge on any atom is -0.353 e. The molecule has 0 aliphatic carbocycles. The standard InChI is InChI=1S/C13H13BrCl2N2O3/c14-8-12(19)17-5-6-18(21)13(20)4-2-9-1-3-10(15)7-11(9)16/h1-4,7,21H,5-6,8H2,(H,17,19)/b4-2+. The Balaban J connectivity index is 2.51. The monoisotopic (exact) mass is 394 g/mol. The van der Waals surface area contributed by atoms with E-state index in [1.165, 1.54) is 12.2 Å². The van der Waals surface area contributed by atoms with Gasteiger partial charge in [0.15, 0.2) is 0 Å². The fourth-order valence-corrected chi connectivity index (χ4v) is 2.01. The summed E-state index contributed by atoms with van der Waals surface area (Å²) in [6.07, 6.45) is 2.66. The molecule has 21 heavy (non-hydrogen) atoms. The number of alkyl halides is 1. The molecule has 1 aromatic carbocycles. The largest absolute Gasteiger partial charge is 0.353 e. The molecule has 0 bridgehead atoms. The first kappa shape index (κ1) is 18.0. The van der Waals surface area contributed by atoms with Crippen molar-refractivity contribution in [3.05, 3.63) is 39.9 Å². The number of hydrogen-bond acceptors (Lipinski definition) is 3. The van der Waals surface area contributed by atoms with Crippen LogP contribution in [0, 0.1) is 0 Å². The van der Waals surface area contributed by atoms with Crippen LogP contribution in [0.25, 0.3) is 6.08 Å². The van der Waals surface area contributed by atoms with Crippen LogP contribution in [0.3, 0.4) is 0 Å². The smallest absolute Gasteiger partial charge is 0.270 e. The number of carbonyl (C=O) groups excluding carboxylic acids is 2. The lowest BCUT2D eigenvalue weighted by Gasteiger charge is -2.12. The average molecular weight is 396 g/mol. The van der Waals surface area contributed by atoms with Crippen molar-refractivity contribution >= 4 is 57.0 Å². The molecule has 2 N–H and O–H groups in total.